The highest BCUT2D eigenvalue weighted by Crippen LogP contribution is 2.21. The Balaban J connectivity index is 2.01. The van der Waals surface area contributed by atoms with Crippen molar-refractivity contribution in [2.75, 3.05) is 0 Å². The highest BCUT2D eigenvalue weighted by Gasteiger charge is 2.05. The van der Waals surface area contributed by atoms with Crippen LogP contribution in [0.5, 0.6) is 5.75 Å². The van der Waals surface area contributed by atoms with E-state index in [1.54, 1.807) is 6.20 Å². The van der Waals surface area contributed by atoms with Crippen LogP contribution in [0.1, 0.15) is 30.7 Å². The highest BCUT2D eigenvalue weighted by atomic mass is 16.5. The Morgan fingerprint density at radius 3 is 2.83 bits per heavy atom. The van der Waals surface area contributed by atoms with Gasteiger partial charge in [0, 0.05) is 6.20 Å². The third-order valence-corrected chi connectivity index (χ3v) is 2.74. The normalized spacial score (nSPS) is 12.1. The third kappa shape index (κ3) is 3.31. The summed E-state index contributed by atoms with van der Waals surface area (Å²) >= 11 is 0. The molecule has 2 rings (SSSR count). The molecule has 18 heavy (non-hydrogen) atoms. The monoisotopic (exact) mass is 243 g/mol. The molecule has 1 atom stereocenters. The van der Waals surface area contributed by atoms with Gasteiger partial charge in [-0.2, -0.15) is 0 Å². The number of ether oxygens (including phenoxy) is 1. The SMILES string of the molecule is CC[C@@H](O)c1cccc(OCc2ccccn2)c1. The minimum Gasteiger partial charge on any atom is -0.487 e. The molecule has 0 fully saturated rings. The van der Waals surface area contributed by atoms with Crippen LogP contribution in [0.2, 0.25) is 0 Å². The first kappa shape index (κ1) is 12.6. The second-order valence-electron chi connectivity index (χ2n) is 4.11. The van der Waals surface area contributed by atoms with Gasteiger partial charge in [-0.15, -0.1) is 0 Å². The average molecular weight is 243 g/mol. The quantitative estimate of drug-likeness (QED) is 0.877. The molecule has 2 aromatic rings. The Hall–Kier alpha value is -1.87. The zero-order valence-electron chi connectivity index (χ0n) is 10.4. The number of hydrogen-bond acceptors (Lipinski definition) is 3. The Bertz CT molecular complexity index is 485. The van der Waals surface area contributed by atoms with E-state index in [-0.39, 0.29) is 0 Å². The highest BCUT2D eigenvalue weighted by molar-refractivity contribution is 5.30. The summed E-state index contributed by atoms with van der Waals surface area (Å²) in [5.74, 6) is 0.755. The second-order valence-corrected chi connectivity index (χ2v) is 4.11. The van der Waals surface area contributed by atoms with Gasteiger partial charge in [-0.05, 0) is 36.2 Å². The molecule has 1 aromatic carbocycles. The number of hydrogen-bond donors (Lipinski definition) is 1. The van der Waals surface area contributed by atoms with Crippen molar-refractivity contribution in [3.05, 3.63) is 59.9 Å². The van der Waals surface area contributed by atoms with Crippen LogP contribution in [0.3, 0.4) is 0 Å². The van der Waals surface area contributed by atoms with Gasteiger partial charge in [0.15, 0.2) is 0 Å². The lowest BCUT2D eigenvalue weighted by Gasteiger charge is -2.11. The molecule has 1 heterocycles. The molecule has 0 bridgehead atoms. The maximum atomic E-state index is 9.77. The van der Waals surface area contributed by atoms with Crippen LogP contribution in [0, 0.1) is 0 Å². The van der Waals surface area contributed by atoms with Crippen LogP contribution < -0.4 is 4.74 Å². The molecule has 3 nitrogen and oxygen atoms in total. The van der Waals surface area contributed by atoms with Gasteiger partial charge in [0.05, 0.1) is 11.8 Å². The molecule has 0 aliphatic heterocycles. The summed E-state index contributed by atoms with van der Waals surface area (Å²) in [6.45, 7) is 2.39. The molecule has 0 unspecified atom stereocenters. The first-order chi connectivity index (χ1) is 8.79. The number of aliphatic hydroxyl groups is 1. The van der Waals surface area contributed by atoms with Crippen LogP contribution in [-0.2, 0) is 6.61 Å². The fourth-order valence-corrected chi connectivity index (χ4v) is 1.69. The number of aromatic nitrogens is 1. The second kappa shape index (κ2) is 6.17. The molecule has 0 saturated carbocycles. The third-order valence-electron chi connectivity index (χ3n) is 2.74. The van der Waals surface area contributed by atoms with Crippen LogP contribution in [-0.4, -0.2) is 10.1 Å². The molecular weight excluding hydrogens is 226 g/mol. The Morgan fingerprint density at radius 2 is 2.11 bits per heavy atom. The number of rotatable bonds is 5. The van der Waals surface area contributed by atoms with Crippen molar-refractivity contribution < 1.29 is 9.84 Å². The van der Waals surface area contributed by atoms with Crippen molar-refractivity contribution in [2.45, 2.75) is 26.1 Å². The smallest absolute Gasteiger partial charge is 0.130 e. The summed E-state index contributed by atoms with van der Waals surface area (Å²) in [6.07, 6.45) is 2.02. The van der Waals surface area contributed by atoms with Crippen molar-refractivity contribution in [3.8, 4) is 5.75 Å². The minimum absolute atomic E-state index is 0.427. The van der Waals surface area contributed by atoms with Crippen LogP contribution in [0.15, 0.2) is 48.7 Å². The lowest BCUT2D eigenvalue weighted by Crippen LogP contribution is -1.99. The van der Waals surface area contributed by atoms with Crippen molar-refractivity contribution in [3.63, 3.8) is 0 Å². The lowest BCUT2D eigenvalue weighted by molar-refractivity contribution is 0.173. The lowest BCUT2D eigenvalue weighted by atomic mass is 10.1. The zero-order chi connectivity index (χ0) is 12.8. The van der Waals surface area contributed by atoms with Crippen LogP contribution in [0.25, 0.3) is 0 Å². The van der Waals surface area contributed by atoms with Crippen LogP contribution in [0.4, 0.5) is 0 Å². The first-order valence-corrected chi connectivity index (χ1v) is 6.10. The average Bonchev–Trinajstić information content (AvgIpc) is 2.45. The van der Waals surface area contributed by atoms with E-state index in [4.69, 9.17) is 4.74 Å². The van der Waals surface area contributed by atoms with E-state index in [2.05, 4.69) is 4.98 Å². The minimum atomic E-state index is -0.427. The first-order valence-electron chi connectivity index (χ1n) is 6.10. The zero-order valence-corrected chi connectivity index (χ0v) is 10.4. The Morgan fingerprint density at radius 1 is 1.22 bits per heavy atom. The largest absolute Gasteiger partial charge is 0.487 e. The van der Waals surface area contributed by atoms with Gasteiger partial charge in [0.25, 0.3) is 0 Å². The summed E-state index contributed by atoms with van der Waals surface area (Å²) in [7, 11) is 0. The van der Waals surface area contributed by atoms with E-state index < -0.39 is 6.10 Å². The van der Waals surface area contributed by atoms with E-state index in [9.17, 15) is 5.11 Å². The molecular formula is C15H17NO2. The number of benzene rings is 1. The van der Waals surface area contributed by atoms with Gasteiger partial charge in [-0.3, -0.25) is 4.98 Å². The molecule has 1 N–H and O–H groups in total. The van der Waals surface area contributed by atoms with E-state index >= 15 is 0 Å². The fourth-order valence-electron chi connectivity index (χ4n) is 1.69. The molecule has 0 radical (unpaired) electrons. The number of aliphatic hydroxyl groups excluding tert-OH is 1. The van der Waals surface area contributed by atoms with Gasteiger partial charge in [0.2, 0.25) is 0 Å². The van der Waals surface area contributed by atoms with Crippen molar-refractivity contribution in [1.29, 1.82) is 0 Å². The molecule has 0 aliphatic carbocycles. The van der Waals surface area contributed by atoms with Gasteiger partial charge >= 0.3 is 0 Å². The molecule has 0 saturated heterocycles. The van der Waals surface area contributed by atoms with E-state index in [0.29, 0.717) is 13.0 Å². The van der Waals surface area contributed by atoms with Gasteiger partial charge in [0.1, 0.15) is 12.4 Å². The summed E-state index contributed by atoms with van der Waals surface area (Å²) in [5.41, 5.74) is 1.77. The maximum Gasteiger partial charge on any atom is 0.130 e. The van der Waals surface area contributed by atoms with Crippen molar-refractivity contribution in [2.24, 2.45) is 0 Å². The van der Waals surface area contributed by atoms with Gasteiger partial charge in [-0.25, -0.2) is 0 Å². The maximum absolute atomic E-state index is 9.77. The number of nitrogens with zero attached hydrogens (tertiary/aromatic N) is 1. The molecule has 94 valence electrons. The summed E-state index contributed by atoms with van der Waals surface area (Å²) < 4.78 is 5.65. The topological polar surface area (TPSA) is 42.4 Å². The van der Waals surface area contributed by atoms with Crippen molar-refractivity contribution >= 4 is 0 Å². The standard InChI is InChI=1S/C15H17NO2/c1-2-15(17)12-6-5-8-14(10-12)18-11-13-7-3-4-9-16-13/h3-10,15,17H,2,11H2,1H3/t15-/m1/s1. The Labute approximate surface area is 107 Å². The van der Waals surface area contributed by atoms with Crippen LogP contribution >= 0.6 is 0 Å². The Kier molecular flexibility index (Phi) is 4.31. The molecule has 0 spiro atoms. The van der Waals surface area contributed by atoms with Gasteiger partial charge < -0.3 is 9.84 Å². The van der Waals surface area contributed by atoms with E-state index in [1.807, 2.05) is 49.4 Å². The molecule has 0 amide bonds. The summed E-state index contributed by atoms with van der Waals surface area (Å²) in [5, 5.41) is 9.77. The summed E-state index contributed by atoms with van der Waals surface area (Å²) in [4.78, 5) is 4.19. The van der Waals surface area contributed by atoms with E-state index in [0.717, 1.165) is 17.0 Å². The molecule has 3 heteroatoms. The predicted molar refractivity (Wildman–Crippen MR) is 70.3 cm³/mol. The van der Waals surface area contributed by atoms with E-state index in [1.165, 1.54) is 0 Å². The fraction of sp³-hybridized carbons (Fsp3) is 0.267. The van der Waals surface area contributed by atoms with Gasteiger partial charge in [-0.1, -0.05) is 25.1 Å². The molecule has 1 aromatic heterocycles. The van der Waals surface area contributed by atoms with Crippen molar-refractivity contribution in [1.82, 2.24) is 4.98 Å². The predicted octanol–water partition coefficient (Wildman–Crippen LogP) is 3.10. The molecule has 0 aliphatic rings. The number of pyridine rings is 1. The summed E-state index contributed by atoms with van der Waals surface area (Å²) in [6, 6.07) is 13.3.